The molecular formula is C51H57N9O2. The number of aliphatic imine (C=N–C) groups is 1. The van der Waals surface area contributed by atoms with Crippen LogP contribution in [0.2, 0.25) is 0 Å². The number of H-pyrrole nitrogens is 1. The van der Waals surface area contributed by atoms with E-state index in [9.17, 15) is 9.59 Å². The number of hydrogen-bond acceptors (Lipinski definition) is 8. The fourth-order valence-electron chi connectivity index (χ4n) is 10.6. The van der Waals surface area contributed by atoms with Gasteiger partial charge in [0.25, 0.3) is 0 Å². The van der Waals surface area contributed by atoms with Crippen LogP contribution in [0.1, 0.15) is 111 Å². The molecule has 11 heteroatoms. The molecule has 62 heavy (non-hydrogen) atoms. The zero-order chi connectivity index (χ0) is 41.8. The number of nitrogens with zero attached hydrogens (tertiary/aromatic N) is 8. The molecule has 1 N–H and O–H groups in total. The number of aromatic nitrogens is 4. The molecule has 0 saturated carbocycles. The van der Waals surface area contributed by atoms with Crippen LogP contribution in [0.4, 0.5) is 0 Å². The molecular weight excluding hydrogens is 771 g/mol. The minimum Gasteiger partial charge on any atom is -0.340 e. The van der Waals surface area contributed by atoms with Crippen LogP contribution in [-0.2, 0) is 9.59 Å². The lowest BCUT2D eigenvalue weighted by molar-refractivity contribution is -0.139. The van der Waals surface area contributed by atoms with Crippen molar-refractivity contribution in [3.63, 3.8) is 0 Å². The fourth-order valence-corrected chi connectivity index (χ4v) is 10.6. The van der Waals surface area contributed by atoms with Gasteiger partial charge in [0.05, 0.1) is 24.0 Å². The van der Waals surface area contributed by atoms with Crippen LogP contribution < -0.4 is 0 Å². The molecule has 10 rings (SSSR count). The van der Waals surface area contributed by atoms with Gasteiger partial charge in [0.1, 0.15) is 17.9 Å². The summed E-state index contributed by atoms with van der Waals surface area (Å²) >= 11 is 0. The minimum atomic E-state index is -0.265. The topological polar surface area (TPSA) is 114 Å². The van der Waals surface area contributed by atoms with E-state index in [-0.39, 0.29) is 36.0 Å². The second-order valence-corrected chi connectivity index (χ2v) is 17.7. The van der Waals surface area contributed by atoms with Crippen LogP contribution in [0.15, 0.2) is 115 Å². The predicted molar refractivity (Wildman–Crippen MR) is 243 cm³/mol. The first-order chi connectivity index (χ1) is 30.6. The molecule has 4 saturated heterocycles. The van der Waals surface area contributed by atoms with Gasteiger partial charge < -0.3 is 14.8 Å². The van der Waals surface area contributed by atoms with Crippen molar-refractivity contribution in [1.29, 1.82) is 0 Å². The van der Waals surface area contributed by atoms with Crippen molar-refractivity contribution in [3.8, 4) is 22.6 Å². The number of carbonyl (C=O) groups is 2. The normalized spacial score (nSPS) is 22.1. The Bertz CT molecular complexity index is 2380. The van der Waals surface area contributed by atoms with E-state index in [1.54, 1.807) is 0 Å². The number of benzene rings is 3. The minimum absolute atomic E-state index is 0.00735. The number of carbonyl (C=O) groups excluding carboxylic acids is 2. The van der Waals surface area contributed by atoms with Gasteiger partial charge in [0.15, 0.2) is 5.82 Å². The van der Waals surface area contributed by atoms with E-state index in [0.717, 1.165) is 141 Å². The van der Waals surface area contributed by atoms with E-state index in [2.05, 4.69) is 61.0 Å². The third-order valence-electron chi connectivity index (χ3n) is 13.8. The maximum absolute atomic E-state index is 14.4. The SMILES string of the molecule is O=C([C@@H](c1ccccc1)N1CCCCC1)N1CCC[C@H]1C1=NC=C(c2cnc(-c3ccc(-c4cnc([C@@H]5CCCN5C(=O)[C@@H](c5ccccc5)N5CCCCC5)[nH]4)cc3)nc2)C1. The Morgan fingerprint density at radius 1 is 0.548 bits per heavy atom. The molecule has 5 aliphatic heterocycles. The summed E-state index contributed by atoms with van der Waals surface area (Å²) in [7, 11) is 0. The molecule has 2 aromatic heterocycles. The number of allylic oxidation sites excluding steroid dienone is 1. The van der Waals surface area contributed by atoms with Crippen LogP contribution in [0, 0.1) is 0 Å². The molecule has 0 unspecified atom stereocenters. The van der Waals surface area contributed by atoms with Gasteiger partial charge in [0, 0.05) is 54.9 Å². The average molecular weight is 828 g/mol. The summed E-state index contributed by atoms with van der Waals surface area (Å²) < 4.78 is 0. The molecule has 0 aliphatic carbocycles. The van der Waals surface area contributed by atoms with Crippen LogP contribution in [0.3, 0.4) is 0 Å². The Balaban J connectivity index is 0.780. The van der Waals surface area contributed by atoms with E-state index >= 15 is 0 Å². The number of likely N-dealkylation sites (tertiary alicyclic amines) is 4. The Labute approximate surface area is 365 Å². The van der Waals surface area contributed by atoms with Gasteiger partial charge in [-0.05, 0) is 99.8 Å². The van der Waals surface area contributed by atoms with Gasteiger partial charge in [-0.15, -0.1) is 0 Å². The summed E-state index contributed by atoms with van der Waals surface area (Å²) in [6.45, 7) is 5.33. The van der Waals surface area contributed by atoms with Crippen molar-refractivity contribution >= 4 is 23.1 Å². The van der Waals surface area contributed by atoms with Crippen LogP contribution in [0.25, 0.3) is 28.2 Å². The predicted octanol–water partition coefficient (Wildman–Crippen LogP) is 8.83. The Morgan fingerprint density at radius 2 is 1.08 bits per heavy atom. The van der Waals surface area contributed by atoms with Crippen molar-refractivity contribution in [2.24, 2.45) is 4.99 Å². The Morgan fingerprint density at radius 3 is 1.66 bits per heavy atom. The molecule has 318 valence electrons. The van der Waals surface area contributed by atoms with E-state index in [0.29, 0.717) is 12.2 Å². The Kier molecular flexibility index (Phi) is 11.9. The monoisotopic (exact) mass is 827 g/mol. The third kappa shape index (κ3) is 8.28. The van der Waals surface area contributed by atoms with Crippen molar-refractivity contribution in [3.05, 3.63) is 132 Å². The molecule has 2 amide bonds. The van der Waals surface area contributed by atoms with Gasteiger partial charge in [-0.2, -0.15) is 0 Å². The molecule has 7 heterocycles. The Hall–Kier alpha value is -5.78. The number of amides is 2. The summed E-state index contributed by atoms with van der Waals surface area (Å²) in [5.41, 5.74) is 8.11. The summed E-state index contributed by atoms with van der Waals surface area (Å²) in [4.78, 5) is 60.7. The van der Waals surface area contributed by atoms with Crippen molar-refractivity contribution in [2.75, 3.05) is 39.3 Å². The first-order valence-corrected chi connectivity index (χ1v) is 23.0. The molecule has 0 radical (unpaired) electrons. The van der Waals surface area contributed by atoms with Gasteiger partial charge >= 0.3 is 0 Å². The number of hydrogen-bond donors (Lipinski definition) is 1. The molecule has 5 aromatic rings. The highest BCUT2D eigenvalue weighted by molar-refractivity contribution is 6.03. The lowest BCUT2D eigenvalue weighted by Gasteiger charge is -2.37. The van der Waals surface area contributed by atoms with E-state index < -0.39 is 0 Å². The maximum atomic E-state index is 14.4. The number of aromatic amines is 1. The van der Waals surface area contributed by atoms with Gasteiger partial charge in [0.2, 0.25) is 11.8 Å². The van der Waals surface area contributed by atoms with Crippen LogP contribution in [-0.4, -0.2) is 102 Å². The number of nitrogens with one attached hydrogen (secondary N) is 1. The molecule has 11 nitrogen and oxygen atoms in total. The van der Waals surface area contributed by atoms with Crippen LogP contribution in [0.5, 0.6) is 0 Å². The molecule has 4 fully saturated rings. The van der Waals surface area contributed by atoms with Crippen LogP contribution >= 0.6 is 0 Å². The highest BCUT2D eigenvalue weighted by Crippen LogP contribution is 2.38. The summed E-state index contributed by atoms with van der Waals surface area (Å²) in [6, 6.07) is 28.3. The average Bonchev–Trinajstić information content (AvgIpc) is 4.19. The zero-order valence-corrected chi connectivity index (χ0v) is 35.6. The largest absolute Gasteiger partial charge is 0.340 e. The standard InChI is InChI=1S/C51H57N9O2/c61-50(46(37-15-5-1-6-16-37)57-25-9-3-10-26-57)59-29-13-19-44(59)42-31-40(32-52-42)41-33-53-48(54-34-41)39-23-21-36(22-24-39)43-35-55-49(56-43)45-20-14-30-60(45)51(62)47(38-17-7-2-8-18-38)58-27-11-4-12-28-58/h1-2,5-8,15-18,21-24,32-35,44-47H,3-4,9-14,19-20,25-31H2,(H,55,56)/t44-,45-,46+,47+/m0/s1. The maximum Gasteiger partial charge on any atom is 0.245 e. The second-order valence-electron chi connectivity index (χ2n) is 17.7. The second kappa shape index (κ2) is 18.3. The number of piperidine rings is 2. The highest BCUT2D eigenvalue weighted by Gasteiger charge is 2.41. The van der Waals surface area contributed by atoms with Crippen molar-refractivity contribution < 1.29 is 9.59 Å². The smallest absolute Gasteiger partial charge is 0.245 e. The quantitative estimate of drug-likeness (QED) is 0.142. The summed E-state index contributed by atoms with van der Waals surface area (Å²) in [5.74, 6) is 1.88. The van der Waals surface area contributed by atoms with Crippen molar-refractivity contribution in [2.45, 2.75) is 94.8 Å². The van der Waals surface area contributed by atoms with Gasteiger partial charge in [-0.1, -0.05) is 97.8 Å². The third-order valence-corrected chi connectivity index (χ3v) is 13.8. The van der Waals surface area contributed by atoms with Gasteiger partial charge in [-0.3, -0.25) is 24.4 Å². The highest BCUT2D eigenvalue weighted by atomic mass is 16.2. The molecule has 3 aromatic carbocycles. The molecule has 5 aliphatic rings. The molecule has 4 atom stereocenters. The number of rotatable bonds is 11. The number of imidazole rings is 1. The fraction of sp³-hybridized carbons (Fsp3) is 0.412. The summed E-state index contributed by atoms with van der Waals surface area (Å²) in [6.07, 6.45) is 19.1. The lowest BCUT2D eigenvalue weighted by Crippen LogP contribution is -2.48. The zero-order valence-electron chi connectivity index (χ0n) is 35.6. The van der Waals surface area contributed by atoms with Crippen molar-refractivity contribution in [1.82, 2.24) is 39.5 Å². The molecule has 0 bridgehead atoms. The molecule has 0 spiro atoms. The van der Waals surface area contributed by atoms with E-state index in [1.165, 1.54) is 12.8 Å². The first kappa shape index (κ1) is 40.3. The van der Waals surface area contributed by atoms with E-state index in [4.69, 9.17) is 19.9 Å². The summed E-state index contributed by atoms with van der Waals surface area (Å²) in [5, 5.41) is 0. The first-order valence-electron chi connectivity index (χ1n) is 23.0. The van der Waals surface area contributed by atoms with Gasteiger partial charge in [-0.25, -0.2) is 15.0 Å². The van der Waals surface area contributed by atoms with E-state index in [1.807, 2.05) is 73.3 Å². The lowest BCUT2D eigenvalue weighted by atomic mass is 9.97.